The van der Waals surface area contributed by atoms with Gasteiger partial charge in [0.15, 0.2) is 0 Å². The van der Waals surface area contributed by atoms with Crippen molar-refractivity contribution in [2.24, 2.45) is 13.0 Å². The second kappa shape index (κ2) is 10.1. The molecule has 1 aliphatic carbocycles. The minimum Gasteiger partial charge on any atom is -0.435 e. The monoisotopic (exact) mass is 546 g/mol. The number of pyridine rings is 2. The van der Waals surface area contributed by atoms with E-state index < -0.39 is 54.2 Å². The van der Waals surface area contributed by atoms with Crippen molar-refractivity contribution in [1.29, 1.82) is 0 Å². The van der Waals surface area contributed by atoms with Gasteiger partial charge in [-0.15, -0.1) is 0 Å². The number of nitrogens with one attached hydrogen (secondary N) is 1. The summed E-state index contributed by atoms with van der Waals surface area (Å²) in [7, 11) is 1.46. The smallest absolute Gasteiger partial charge is 0.387 e. The summed E-state index contributed by atoms with van der Waals surface area (Å²) in [6.45, 7) is -3.74. The summed E-state index contributed by atoms with van der Waals surface area (Å²) in [6.07, 6.45) is 1.76. The average molecular weight is 546 g/mol. The fraction of sp³-hybridized carbons (Fsp3) is 0.308. The summed E-state index contributed by atoms with van der Waals surface area (Å²) in [5.74, 6) is -3.61. The third-order valence-electron chi connectivity index (χ3n) is 6.68. The number of anilines is 2. The minimum atomic E-state index is -3.15. The number of hydrogen-bond acceptors (Lipinski definition) is 6. The molecule has 2 aromatic heterocycles. The Labute approximate surface area is 218 Å². The van der Waals surface area contributed by atoms with Crippen LogP contribution >= 0.6 is 0 Å². The normalized spacial score (nSPS) is 18.2. The molecule has 0 unspecified atom stereocenters. The first-order chi connectivity index (χ1) is 18.6. The predicted octanol–water partition coefficient (Wildman–Crippen LogP) is 3.18. The van der Waals surface area contributed by atoms with Gasteiger partial charge in [0.25, 0.3) is 11.5 Å². The van der Waals surface area contributed by atoms with E-state index >= 15 is 0 Å². The zero-order valence-electron chi connectivity index (χ0n) is 20.5. The van der Waals surface area contributed by atoms with E-state index in [4.69, 9.17) is 0 Å². The van der Waals surface area contributed by atoms with Gasteiger partial charge in [-0.05, 0) is 42.2 Å². The number of rotatable bonds is 7. The van der Waals surface area contributed by atoms with Gasteiger partial charge in [0.1, 0.15) is 29.2 Å². The Hall–Kier alpha value is -4.26. The maximum atomic E-state index is 14.8. The average Bonchev–Trinajstić information content (AvgIpc) is 3.62. The number of aromatic nitrogens is 2. The summed E-state index contributed by atoms with van der Waals surface area (Å²) in [5.41, 5.74) is 0.204. The molecule has 2 amide bonds. The number of amides is 2. The number of aliphatic hydroxyl groups excluding tert-OH is 1. The Morgan fingerprint density at radius 3 is 2.69 bits per heavy atom. The van der Waals surface area contributed by atoms with Crippen LogP contribution in [0.25, 0.3) is 11.1 Å². The number of aryl methyl sites for hydroxylation is 1. The van der Waals surface area contributed by atoms with Crippen molar-refractivity contribution >= 4 is 23.3 Å². The number of hydrogen-bond donors (Lipinski definition) is 2. The molecule has 9 nitrogen and oxygen atoms in total. The largest absolute Gasteiger partial charge is 0.435 e. The van der Waals surface area contributed by atoms with Crippen LogP contribution in [-0.2, 0) is 24.9 Å². The predicted molar refractivity (Wildman–Crippen MR) is 131 cm³/mol. The molecule has 2 N–H and O–H groups in total. The molecule has 204 valence electrons. The maximum absolute atomic E-state index is 14.8. The van der Waals surface area contributed by atoms with E-state index in [9.17, 15) is 37.1 Å². The second-order valence-electron chi connectivity index (χ2n) is 9.25. The molecular formula is C26H22F4N4O5. The van der Waals surface area contributed by atoms with Gasteiger partial charge in [-0.3, -0.25) is 19.3 Å². The Bertz CT molecular complexity index is 1540. The van der Waals surface area contributed by atoms with Crippen molar-refractivity contribution in [3.05, 3.63) is 69.5 Å². The summed E-state index contributed by atoms with van der Waals surface area (Å²) >= 11 is 0. The quantitative estimate of drug-likeness (QED) is 0.440. The second-order valence-corrected chi connectivity index (χ2v) is 9.25. The molecule has 1 aromatic carbocycles. The number of carbonyl (C=O) groups is 2. The number of fused-ring (bicyclic) bond motifs is 1. The van der Waals surface area contributed by atoms with Crippen LogP contribution in [0.2, 0.25) is 0 Å². The maximum Gasteiger partial charge on any atom is 0.387 e. The van der Waals surface area contributed by atoms with Gasteiger partial charge in [-0.25, -0.2) is 13.8 Å². The van der Waals surface area contributed by atoms with Crippen molar-refractivity contribution in [1.82, 2.24) is 9.55 Å². The molecule has 1 aliphatic heterocycles. The first kappa shape index (κ1) is 26.4. The standard InChI is InChI=1S/C26H22F4N4O5/c1-33-10-13(7-20(24(33)37)32-23(36)16-9-18(16)27)15-2-4-31-22(17(15)11-35)34-5-3-12-6-14(39-26(29)30)8-19(28)21(12)25(34)38/h2,4,6-8,10,16,18,26,35H,3,5,9,11H2,1H3,(H,32,36)/t16-,18+/m1/s1. The minimum absolute atomic E-state index is 0.00717. The van der Waals surface area contributed by atoms with Crippen molar-refractivity contribution < 1.29 is 37.0 Å². The van der Waals surface area contributed by atoms with Crippen molar-refractivity contribution in [2.45, 2.75) is 32.2 Å². The zero-order valence-corrected chi connectivity index (χ0v) is 20.5. The van der Waals surface area contributed by atoms with E-state index in [0.717, 1.165) is 0 Å². The Balaban J connectivity index is 1.52. The van der Waals surface area contributed by atoms with Crippen LogP contribution in [0.15, 0.2) is 41.5 Å². The molecule has 2 atom stereocenters. The molecule has 0 radical (unpaired) electrons. The summed E-state index contributed by atoms with van der Waals surface area (Å²) in [5, 5.41) is 12.7. The van der Waals surface area contributed by atoms with Crippen LogP contribution in [0.3, 0.4) is 0 Å². The Morgan fingerprint density at radius 2 is 2.03 bits per heavy atom. The van der Waals surface area contributed by atoms with Crippen molar-refractivity contribution in [2.75, 3.05) is 16.8 Å². The molecule has 5 rings (SSSR count). The number of benzene rings is 1. The molecule has 3 heterocycles. The van der Waals surface area contributed by atoms with E-state index in [1.165, 1.54) is 47.1 Å². The Morgan fingerprint density at radius 1 is 1.28 bits per heavy atom. The number of ether oxygens (including phenoxy) is 1. The number of alkyl halides is 3. The lowest BCUT2D eigenvalue weighted by molar-refractivity contribution is -0.117. The number of nitrogens with zero attached hydrogens (tertiary/aromatic N) is 3. The third-order valence-corrected chi connectivity index (χ3v) is 6.68. The van der Waals surface area contributed by atoms with Gasteiger partial charge in [0.2, 0.25) is 5.91 Å². The Kier molecular flexibility index (Phi) is 6.85. The molecule has 1 saturated carbocycles. The van der Waals surface area contributed by atoms with E-state index in [2.05, 4.69) is 15.0 Å². The van der Waals surface area contributed by atoms with Crippen LogP contribution in [-0.4, -0.2) is 45.8 Å². The zero-order chi connectivity index (χ0) is 28.0. The highest BCUT2D eigenvalue weighted by molar-refractivity contribution is 6.08. The fourth-order valence-corrected chi connectivity index (χ4v) is 4.66. The molecular weight excluding hydrogens is 524 g/mol. The molecule has 1 fully saturated rings. The summed E-state index contributed by atoms with van der Waals surface area (Å²) in [4.78, 5) is 43.6. The van der Waals surface area contributed by atoms with Crippen LogP contribution in [0, 0.1) is 11.7 Å². The highest BCUT2D eigenvalue weighted by atomic mass is 19.3. The third kappa shape index (κ3) is 4.97. The van der Waals surface area contributed by atoms with Crippen LogP contribution in [0.1, 0.15) is 27.9 Å². The van der Waals surface area contributed by atoms with Gasteiger partial charge < -0.3 is 19.7 Å². The lowest BCUT2D eigenvalue weighted by Crippen LogP contribution is -2.39. The lowest BCUT2D eigenvalue weighted by atomic mass is 9.96. The van der Waals surface area contributed by atoms with Crippen molar-refractivity contribution in [3.63, 3.8) is 0 Å². The SMILES string of the molecule is Cn1cc(-c2ccnc(N3CCc4cc(OC(F)F)cc(F)c4C3=O)c2CO)cc(NC(=O)[C@@H]2C[C@@H]2F)c1=O. The number of aliphatic hydroxyl groups is 1. The van der Waals surface area contributed by atoms with Crippen LogP contribution in [0.5, 0.6) is 5.75 Å². The number of halogens is 4. The van der Waals surface area contributed by atoms with E-state index in [1.54, 1.807) is 0 Å². The molecule has 39 heavy (non-hydrogen) atoms. The fourth-order valence-electron chi connectivity index (χ4n) is 4.66. The summed E-state index contributed by atoms with van der Waals surface area (Å²) < 4.78 is 58.8. The highest BCUT2D eigenvalue weighted by Crippen LogP contribution is 2.36. The van der Waals surface area contributed by atoms with Crippen molar-refractivity contribution in [3.8, 4) is 16.9 Å². The number of carbonyl (C=O) groups excluding carboxylic acids is 2. The molecule has 0 spiro atoms. The highest BCUT2D eigenvalue weighted by Gasteiger charge is 2.44. The topological polar surface area (TPSA) is 114 Å². The van der Waals surface area contributed by atoms with E-state index in [0.29, 0.717) is 17.2 Å². The first-order valence-electron chi connectivity index (χ1n) is 11.9. The summed E-state index contributed by atoms with van der Waals surface area (Å²) in [6, 6.07) is 4.81. The molecule has 2 aliphatic rings. The lowest BCUT2D eigenvalue weighted by Gasteiger charge is -2.30. The first-order valence-corrected chi connectivity index (χ1v) is 11.9. The molecule has 3 aromatic rings. The van der Waals surface area contributed by atoms with E-state index in [1.807, 2.05) is 0 Å². The van der Waals surface area contributed by atoms with Gasteiger partial charge in [-0.1, -0.05) is 0 Å². The molecule has 0 bridgehead atoms. The molecule has 0 saturated heterocycles. The van der Waals surface area contributed by atoms with Gasteiger partial charge >= 0.3 is 6.61 Å². The van der Waals surface area contributed by atoms with Gasteiger partial charge in [0.05, 0.1) is 18.1 Å². The van der Waals surface area contributed by atoms with Crippen LogP contribution in [0.4, 0.5) is 29.1 Å². The molecule has 13 heteroatoms. The van der Waals surface area contributed by atoms with Crippen LogP contribution < -0.4 is 20.5 Å². The van der Waals surface area contributed by atoms with E-state index in [-0.39, 0.29) is 47.6 Å². The van der Waals surface area contributed by atoms with Gasteiger partial charge in [0, 0.05) is 43.2 Å². The van der Waals surface area contributed by atoms with Gasteiger partial charge in [-0.2, -0.15) is 8.78 Å².